The highest BCUT2D eigenvalue weighted by Gasteiger charge is 2.08. The number of aliphatic imine (C=N–C) groups is 1. The van der Waals surface area contributed by atoms with Crippen molar-refractivity contribution in [1.82, 2.24) is 25.4 Å². The van der Waals surface area contributed by atoms with Gasteiger partial charge in [-0.2, -0.15) is 0 Å². The molecule has 0 bridgehead atoms. The maximum atomic E-state index is 6.08. The van der Waals surface area contributed by atoms with Gasteiger partial charge in [-0.3, -0.25) is 4.99 Å². The van der Waals surface area contributed by atoms with E-state index in [1.54, 1.807) is 12.4 Å². The number of nitrogens with zero attached hydrogens (tertiary/aromatic N) is 4. The van der Waals surface area contributed by atoms with Gasteiger partial charge in [0.15, 0.2) is 5.96 Å². The monoisotopic (exact) mass is 488 g/mol. The number of hydrogen-bond acceptors (Lipinski definition) is 3. The molecule has 0 amide bonds. The van der Waals surface area contributed by atoms with Crippen molar-refractivity contribution in [2.24, 2.45) is 4.99 Å². The Kier molecular flexibility index (Phi) is 10.3. The van der Waals surface area contributed by atoms with Crippen LogP contribution in [0.25, 0.3) is 0 Å². The molecule has 1 heterocycles. The first-order valence-corrected chi connectivity index (χ1v) is 8.79. The zero-order valence-corrected chi connectivity index (χ0v) is 18.2. The van der Waals surface area contributed by atoms with Crippen molar-refractivity contribution in [3.63, 3.8) is 0 Å². The zero-order valence-electron chi connectivity index (χ0n) is 15.2. The maximum absolute atomic E-state index is 6.08. The zero-order chi connectivity index (χ0) is 18.1. The minimum atomic E-state index is 0. The summed E-state index contributed by atoms with van der Waals surface area (Å²) in [6.07, 6.45) is 4.40. The summed E-state index contributed by atoms with van der Waals surface area (Å²) in [7, 11) is 0. The average molecular weight is 489 g/mol. The summed E-state index contributed by atoms with van der Waals surface area (Å²) in [6, 6.07) is 7.89. The second-order valence-corrected chi connectivity index (χ2v) is 6.05. The van der Waals surface area contributed by atoms with Crippen LogP contribution in [0.1, 0.15) is 31.3 Å². The number of guanidine groups is 1. The predicted octanol–water partition coefficient (Wildman–Crippen LogP) is 3.59. The van der Waals surface area contributed by atoms with Crippen LogP contribution in [0.15, 0.2) is 48.2 Å². The Hall–Kier alpha value is -1.61. The van der Waals surface area contributed by atoms with Gasteiger partial charge in [-0.25, -0.2) is 0 Å². The standard InChI is InChI=1S/C18H25ClN6.HI/c1-4-9-20-18(21-10-11-25-13-22-24-17(25)5-2)23-14(3)15-7-6-8-16(19)12-15;/h4,6-8,12-14H,1,5,9-11H2,2-3H3,(H2,20,21,23);1H. The molecular formula is C18H26ClIN6. The largest absolute Gasteiger partial charge is 0.353 e. The second-order valence-electron chi connectivity index (χ2n) is 5.62. The van der Waals surface area contributed by atoms with Crippen LogP contribution in [-0.4, -0.2) is 33.8 Å². The van der Waals surface area contributed by atoms with Crippen LogP contribution in [-0.2, 0) is 13.0 Å². The Balaban J connectivity index is 0.00000338. The summed E-state index contributed by atoms with van der Waals surface area (Å²) in [5.74, 6) is 1.70. The molecular weight excluding hydrogens is 463 g/mol. The summed E-state index contributed by atoms with van der Waals surface area (Å²) in [5, 5.41) is 15.4. The Bertz CT molecular complexity index is 715. The van der Waals surface area contributed by atoms with E-state index in [1.165, 1.54) is 0 Å². The lowest BCUT2D eigenvalue weighted by Crippen LogP contribution is -2.39. The Morgan fingerprint density at radius 1 is 1.46 bits per heavy atom. The number of aromatic nitrogens is 3. The van der Waals surface area contributed by atoms with E-state index in [4.69, 9.17) is 11.6 Å². The lowest BCUT2D eigenvalue weighted by molar-refractivity contribution is 0.651. The summed E-state index contributed by atoms with van der Waals surface area (Å²) in [5.41, 5.74) is 1.10. The predicted molar refractivity (Wildman–Crippen MR) is 118 cm³/mol. The summed E-state index contributed by atoms with van der Waals surface area (Å²) >= 11 is 6.08. The molecule has 0 aliphatic rings. The van der Waals surface area contributed by atoms with Crippen molar-refractivity contribution in [1.29, 1.82) is 0 Å². The minimum Gasteiger partial charge on any atom is -0.353 e. The molecule has 1 atom stereocenters. The molecule has 1 aromatic heterocycles. The fraction of sp³-hybridized carbons (Fsp3) is 0.389. The molecule has 2 rings (SSSR count). The number of rotatable bonds is 8. The van der Waals surface area contributed by atoms with Crippen LogP contribution in [0.3, 0.4) is 0 Å². The fourth-order valence-corrected chi connectivity index (χ4v) is 2.59. The summed E-state index contributed by atoms with van der Waals surface area (Å²) in [4.78, 5) is 4.64. The minimum absolute atomic E-state index is 0. The molecule has 1 unspecified atom stereocenters. The molecule has 2 N–H and O–H groups in total. The molecule has 0 aliphatic heterocycles. The van der Waals surface area contributed by atoms with Gasteiger partial charge in [0.05, 0.1) is 12.6 Å². The van der Waals surface area contributed by atoms with Gasteiger partial charge in [-0.05, 0) is 24.6 Å². The van der Waals surface area contributed by atoms with Crippen LogP contribution < -0.4 is 10.6 Å². The van der Waals surface area contributed by atoms with Crippen molar-refractivity contribution in [3.8, 4) is 0 Å². The normalized spacial score (nSPS) is 12.2. The molecule has 0 saturated heterocycles. The molecule has 26 heavy (non-hydrogen) atoms. The molecule has 0 spiro atoms. The molecule has 142 valence electrons. The van der Waals surface area contributed by atoms with Crippen molar-refractivity contribution >= 4 is 41.5 Å². The van der Waals surface area contributed by atoms with E-state index in [9.17, 15) is 0 Å². The second kappa shape index (κ2) is 11.9. The highest BCUT2D eigenvalue weighted by molar-refractivity contribution is 14.0. The third kappa shape index (κ3) is 6.95. The van der Waals surface area contributed by atoms with E-state index in [2.05, 4.69) is 46.2 Å². The highest BCUT2D eigenvalue weighted by Crippen LogP contribution is 2.17. The van der Waals surface area contributed by atoms with Crippen LogP contribution in [0, 0.1) is 0 Å². The molecule has 0 fully saturated rings. The first kappa shape index (κ1) is 22.4. The third-order valence-electron chi connectivity index (χ3n) is 3.74. The molecule has 8 heteroatoms. The molecule has 1 aromatic carbocycles. The Labute approximate surface area is 177 Å². The van der Waals surface area contributed by atoms with Gasteiger partial charge in [0.25, 0.3) is 0 Å². The lowest BCUT2D eigenvalue weighted by atomic mass is 10.1. The quantitative estimate of drug-likeness (QED) is 0.258. The molecule has 2 aromatic rings. The first-order chi connectivity index (χ1) is 12.1. The van der Waals surface area contributed by atoms with Crippen molar-refractivity contribution in [2.45, 2.75) is 32.9 Å². The maximum Gasteiger partial charge on any atom is 0.192 e. The summed E-state index contributed by atoms with van der Waals surface area (Å²) in [6.45, 7) is 9.88. The van der Waals surface area contributed by atoms with Crippen molar-refractivity contribution < 1.29 is 0 Å². The van der Waals surface area contributed by atoms with Gasteiger partial charge in [0.2, 0.25) is 0 Å². The fourth-order valence-electron chi connectivity index (χ4n) is 2.39. The van der Waals surface area contributed by atoms with Gasteiger partial charge in [0, 0.05) is 24.5 Å². The SMILES string of the molecule is C=CCNC(=NCCn1cnnc1CC)NC(C)c1cccc(Cl)c1.I. The molecule has 6 nitrogen and oxygen atoms in total. The lowest BCUT2D eigenvalue weighted by Gasteiger charge is -2.18. The smallest absolute Gasteiger partial charge is 0.192 e. The van der Waals surface area contributed by atoms with E-state index in [0.717, 1.165) is 35.3 Å². The molecule has 0 radical (unpaired) electrons. The van der Waals surface area contributed by atoms with E-state index in [-0.39, 0.29) is 30.0 Å². The van der Waals surface area contributed by atoms with Crippen LogP contribution >= 0.6 is 35.6 Å². The number of aryl methyl sites for hydroxylation is 1. The van der Waals surface area contributed by atoms with Gasteiger partial charge < -0.3 is 15.2 Å². The number of hydrogen-bond donors (Lipinski definition) is 2. The van der Waals surface area contributed by atoms with Gasteiger partial charge in [0.1, 0.15) is 12.2 Å². The van der Waals surface area contributed by atoms with Crippen LogP contribution in [0.5, 0.6) is 0 Å². The van der Waals surface area contributed by atoms with Gasteiger partial charge >= 0.3 is 0 Å². The Morgan fingerprint density at radius 3 is 2.96 bits per heavy atom. The van der Waals surface area contributed by atoms with Crippen LogP contribution in [0.2, 0.25) is 5.02 Å². The van der Waals surface area contributed by atoms with E-state index >= 15 is 0 Å². The van der Waals surface area contributed by atoms with E-state index in [0.29, 0.717) is 13.1 Å². The average Bonchev–Trinajstić information content (AvgIpc) is 3.07. The topological polar surface area (TPSA) is 67.1 Å². The van der Waals surface area contributed by atoms with Crippen LogP contribution in [0.4, 0.5) is 0 Å². The van der Waals surface area contributed by atoms with Gasteiger partial charge in [-0.1, -0.05) is 36.7 Å². The van der Waals surface area contributed by atoms with Crippen molar-refractivity contribution in [2.75, 3.05) is 13.1 Å². The highest BCUT2D eigenvalue weighted by atomic mass is 127. The summed E-state index contributed by atoms with van der Waals surface area (Å²) < 4.78 is 2.02. The number of nitrogens with one attached hydrogen (secondary N) is 2. The number of benzene rings is 1. The number of halogens is 2. The van der Waals surface area contributed by atoms with E-state index < -0.39 is 0 Å². The van der Waals surface area contributed by atoms with E-state index in [1.807, 2.05) is 28.8 Å². The molecule has 0 saturated carbocycles. The first-order valence-electron chi connectivity index (χ1n) is 8.42. The Morgan fingerprint density at radius 2 is 2.27 bits per heavy atom. The van der Waals surface area contributed by atoms with Crippen molar-refractivity contribution in [3.05, 3.63) is 59.7 Å². The van der Waals surface area contributed by atoms with Gasteiger partial charge in [-0.15, -0.1) is 40.8 Å². The third-order valence-corrected chi connectivity index (χ3v) is 3.97. The molecule has 0 aliphatic carbocycles.